The molecule has 0 unspecified atom stereocenters. The lowest BCUT2D eigenvalue weighted by Crippen LogP contribution is -2.52. The van der Waals surface area contributed by atoms with E-state index in [1.807, 2.05) is 24.3 Å². The summed E-state index contributed by atoms with van der Waals surface area (Å²) in [6.45, 7) is 6.64. The third-order valence-corrected chi connectivity index (χ3v) is 5.89. The van der Waals surface area contributed by atoms with Crippen molar-refractivity contribution in [2.24, 2.45) is 0 Å². The van der Waals surface area contributed by atoms with Gasteiger partial charge in [0.05, 0.1) is 6.10 Å². The number of likely N-dealkylation sites (N-methyl/N-ethyl adjacent to an activating group) is 1. The van der Waals surface area contributed by atoms with Crippen molar-refractivity contribution in [1.29, 1.82) is 0 Å². The molecule has 27 heavy (non-hydrogen) atoms. The molecule has 4 rings (SSSR count). The van der Waals surface area contributed by atoms with Crippen LogP contribution < -0.4 is 0 Å². The molecule has 2 aromatic rings. The highest BCUT2D eigenvalue weighted by Crippen LogP contribution is 2.24. The van der Waals surface area contributed by atoms with E-state index in [1.165, 1.54) is 11.6 Å². The molecule has 0 radical (unpaired) electrons. The van der Waals surface area contributed by atoms with Crippen LogP contribution in [-0.2, 0) is 6.54 Å². The summed E-state index contributed by atoms with van der Waals surface area (Å²) in [5.74, 6) is -0.192. The zero-order valence-electron chi connectivity index (χ0n) is 15.9. The Bertz CT molecular complexity index is 758. The topological polar surface area (TPSA) is 30.0 Å². The number of hydrogen-bond acceptors (Lipinski definition) is 4. The van der Waals surface area contributed by atoms with Crippen molar-refractivity contribution in [2.75, 3.05) is 46.3 Å². The third-order valence-electron chi connectivity index (χ3n) is 5.89. The van der Waals surface area contributed by atoms with Crippen molar-refractivity contribution < 1.29 is 9.50 Å². The van der Waals surface area contributed by atoms with Crippen LogP contribution in [0.5, 0.6) is 0 Å². The fraction of sp³-hybridized carbons (Fsp3) is 0.455. The minimum absolute atomic E-state index is 0.192. The standard InChI is InChI=1S/C22H28FN3O/c1-24-10-12-26(13-11-24)21-15-25(16-22(21)27)14-17-6-8-18(9-7-17)19-4-2-3-5-20(19)23/h2-9,21-22,27H,10-16H2,1H3/t21-,22-/m0/s1. The van der Waals surface area contributed by atoms with Crippen LogP contribution in [0.15, 0.2) is 48.5 Å². The molecule has 2 aromatic carbocycles. The monoisotopic (exact) mass is 369 g/mol. The van der Waals surface area contributed by atoms with E-state index in [9.17, 15) is 9.50 Å². The van der Waals surface area contributed by atoms with Gasteiger partial charge < -0.3 is 10.0 Å². The molecule has 0 amide bonds. The Labute approximate surface area is 160 Å². The van der Waals surface area contributed by atoms with Crippen molar-refractivity contribution in [2.45, 2.75) is 18.7 Å². The molecule has 2 atom stereocenters. The Balaban J connectivity index is 1.38. The molecular weight excluding hydrogens is 341 g/mol. The molecular formula is C22H28FN3O. The van der Waals surface area contributed by atoms with Gasteiger partial charge >= 0.3 is 0 Å². The first-order valence-electron chi connectivity index (χ1n) is 9.77. The minimum atomic E-state index is -0.286. The number of piperazine rings is 1. The van der Waals surface area contributed by atoms with Gasteiger partial charge in [-0.05, 0) is 24.2 Å². The summed E-state index contributed by atoms with van der Waals surface area (Å²) in [4.78, 5) is 7.10. The zero-order chi connectivity index (χ0) is 18.8. The molecule has 5 heteroatoms. The summed E-state index contributed by atoms with van der Waals surface area (Å²) < 4.78 is 13.9. The largest absolute Gasteiger partial charge is 0.390 e. The van der Waals surface area contributed by atoms with Gasteiger partial charge in [-0.1, -0.05) is 42.5 Å². The van der Waals surface area contributed by atoms with Gasteiger partial charge in [0.25, 0.3) is 0 Å². The number of hydrogen-bond donors (Lipinski definition) is 1. The summed E-state index contributed by atoms with van der Waals surface area (Å²) in [6, 6.07) is 15.2. The molecule has 0 aromatic heterocycles. The minimum Gasteiger partial charge on any atom is -0.390 e. The molecule has 0 bridgehead atoms. The second kappa shape index (κ2) is 8.07. The lowest BCUT2D eigenvalue weighted by atomic mass is 10.0. The second-order valence-electron chi connectivity index (χ2n) is 7.84. The van der Waals surface area contributed by atoms with E-state index in [0.29, 0.717) is 12.1 Å². The molecule has 2 saturated heterocycles. The number of nitrogens with zero attached hydrogens (tertiary/aromatic N) is 3. The Kier molecular flexibility index (Phi) is 5.55. The average molecular weight is 369 g/mol. The van der Waals surface area contributed by atoms with Crippen LogP contribution in [0.4, 0.5) is 4.39 Å². The van der Waals surface area contributed by atoms with Gasteiger partial charge in [0.15, 0.2) is 0 Å². The molecule has 0 aliphatic carbocycles. The van der Waals surface area contributed by atoms with Gasteiger partial charge in [-0.2, -0.15) is 0 Å². The van der Waals surface area contributed by atoms with E-state index in [0.717, 1.165) is 44.8 Å². The van der Waals surface area contributed by atoms with Gasteiger partial charge in [-0.25, -0.2) is 4.39 Å². The number of likely N-dealkylation sites (tertiary alicyclic amines) is 1. The zero-order valence-corrected chi connectivity index (χ0v) is 15.9. The number of rotatable bonds is 4. The smallest absolute Gasteiger partial charge is 0.131 e. The van der Waals surface area contributed by atoms with Crippen molar-refractivity contribution >= 4 is 0 Å². The molecule has 2 aliphatic heterocycles. The molecule has 2 heterocycles. The SMILES string of the molecule is CN1CCN([C@H]2CN(Cc3ccc(-c4ccccc4F)cc3)C[C@@H]2O)CC1. The van der Waals surface area contributed by atoms with Crippen molar-refractivity contribution in [3.05, 3.63) is 59.9 Å². The van der Waals surface area contributed by atoms with Gasteiger partial charge in [0.1, 0.15) is 5.82 Å². The van der Waals surface area contributed by atoms with E-state index >= 15 is 0 Å². The fourth-order valence-corrected chi connectivity index (χ4v) is 4.23. The predicted molar refractivity (Wildman–Crippen MR) is 106 cm³/mol. The molecule has 0 saturated carbocycles. The normalized spacial score (nSPS) is 25.1. The highest BCUT2D eigenvalue weighted by Gasteiger charge is 2.36. The molecule has 0 spiro atoms. The van der Waals surface area contributed by atoms with E-state index in [4.69, 9.17) is 0 Å². The summed E-state index contributed by atoms with van der Waals surface area (Å²) >= 11 is 0. The van der Waals surface area contributed by atoms with Gasteiger partial charge in [-0.15, -0.1) is 0 Å². The van der Waals surface area contributed by atoms with Crippen molar-refractivity contribution in [3.63, 3.8) is 0 Å². The number of β-amino-alcohol motifs (C(OH)–C–C–N with tert-alkyl or cyclic N) is 1. The summed E-state index contributed by atoms with van der Waals surface area (Å²) in [5, 5.41) is 10.5. The van der Waals surface area contributed by atoms with Gasteiger partial charge in [0, 0.05) is 57.4 Å². The maximum absolute atomic E-state index is 13.9. The van der Waals surface area contributed by atoms with Crippen LogP contribution in [0.3, 0.4) is 0 Å². The Morgan fingerprint density at radius 2 is 1.67 bits per heavy atom. The fourth-order valence-electron chi connectivity index (χ4n) is 4.23. The van der Waals surface area contributed by atoms with Gasteiger partial charge in [0.2, 0.25) is 0 Å². The maximum atomic E-state index is 13.9. The number of aliphatic hydroxyl groups excluding tert-OH is 1. The van der Waals surface area contributed by atoms with Crippen LogP contribution in [-0.4, -0.2) is 78.3 Å². The number of aliphatic hydroxyl groups is 1. The highest BCUT2D eigenvalue weighted by atomic mass is 19.1. The maximum Gasteiger partial charge on any atom is 0.131 e. The van der Waals surface area contributed by atoms with Crippen LogP contribution in [0.1, 0.15) is 5.56 Å². The molecule has 2 aliphatic rings. The van der Waals surface area contributed by atoms with E-state index in [1.54, 1.807) is 6.07 Å². The molecule has 144 valence electrons. The summed E-state index contributed by atoms with van der Waals surface area (Å²) in [5.41, 5.74) is 2.73. The Morgan fingerprint density at radius 1 is 0.963 bits per heavy atom. The average Bonchev–Trinajstić information content (AvgIpc) is 3.04. The lowest BCUT2D eigenvalue weighted by Gasteiger charge is -2.37. The van der Waals surface area contributed by atoms with Crippen LogP contribution in [0, 0.1) is 5.82 Å². The van der Waals surface area contributed by atoms with Crippen LogP contribution in [0.25, 0.3) is 11.1 Å². The number of halogens is 1. The van der Waals surface area contributed by atoms with Crippen molar-refractivity contribution in [3.8, 4) is 11.1 Å². The van der Waals surface area contributed by atoms with Crippen LogP contribution in [0.2, 0.25) is 0 Å². The van der Waals surface area contributed by atoms with E-state index in [-0.39, 0.29) is 18.0 Å². The third kappa shape index (κ3) is 4.22. The predicted octanol–water partition coefficient (Wildman–Crippen LogP) is 2.29. The van der Waals surface area contributed by atoms with Crippen LogP contribution >= 0.6 is 0 Å². The van der Waals surface area contributed by atoms with E-state index in [2.05, 4.69) is 33.9 Å². The summed E-state index contributed by atoms with van der Waals surface area (Å²) in [7, 11) is 2.15. The first kappa shape index (κ1) is 18.6. The number of benzene rings is 2. The first-order valence-corrected chi connectivity index (χ1v) is 9.77. The Morgan fingerprint density at radius 3 is 2.37 bits per heavy atom. The van der Waals surface area contributed by atoms with Crippen molar-refractivity contribution in [1.82, 2.24) is 14.7 Å². The van der Waals surface area contributed by atoms with Gasteiger partial charge in [-0.3, -0.25) is 9.80 Å². The second-order valence-corrected chi connectivity index (χ2v) is 7.84. The molecule has 4 nitrogen and oxygen atoms in total. The molecule has 1 N–H and O–H groups in total. The quantitative estimate of drug-likeness (QED) is 0.896. The Hall–Kier alpha value is -1.79. The van der Waals surface area contributed by atoms with E-state index < -0.39 is 0 Å². The first-order chi connectivity index (χ1) is 13.1. The lowest BCUT2D eigenvalue weighted by molar-refractivity contribution is 0.0512. The molecule has 2 fully saturated rings. The summed E-state index contributed by atoms with van der Waals surface area (Å²) in [6.07, 6.45) is -0.286. The highest BCUT2D eigenvalue weighted by molar-refractivity contribution is 5.64.